The zero-order valence-corrected chi connectivity index (χ0v) is 12.4. The molecule has 108 valence electrons. The van der Waals surface area contributed by atoms with Crippen molar-refractivity contribution in [1.29, 1.82) is 0 Å². The molecule has 2 aromatic heterocycles. The summed E-state index contributed by atoms with van der Waals surface area (Å²) in [5.41, 5.74) is 3.41. The van der Waals surface area contributed by atoms with E-state index in [-0.39, 0.29) is 5.63 Å². The van der Waals surface area contributed by atoms with Gasteiger partial charge in [-0.3, -0.25) is 0 Å². The van der Waals surface area contributed by atoms with Crippen LogP contribution in [-0.4, -0.2) is 4.57 Å². The van der Waals surface area contributed by atoms with E-state index in [4.69, 9.17) is 4.42 Å². The molecule has 0 N–H and O–H groups in total. The first-order valence-corrected chi connectivity index (χ1v) is 7.15. The fourth-order valence-corrected chi connectivity index (χ4v) is 2.90. The van der Waals surface area contributed by atoms with Gasteiger partial charge in [-0.1, -0.05) is 24.3 Å². The maximum atomic E-state index is 12.2. The van der Waals surface area contributed by atoms with Crippen molar-refractivity contribution in [3.8, 4) is 5.69 Å². The van der Waals surface area contributed by atoms with Gasteiger partial charge in [-0.15, -0.1) is 0 Å². The Hall–Kier alpha value is -2.88. The molecule has 4 nitrogen and oxygen atoms in total. The van der Waals surface area contributed by atoms with E-state index in [1.165, 1.54) is 5.56 Å². The lowest BCUT2D eigenvalue weighted by atomic mass is 10.1. The highest BCUT2D eigenvalue weighted by atomic mass is 16.4. The third-order valence-electron chi connectivity index (χ3n) is 3.92. The van der Waals surface area contributed by atoms with Gasteiger partial charge >= 0.3 is 11.3 Å². The molecule has 0 saturated heterocycles. The van der Waals surface area contributed by atoms with Gasteiger partial charge in [0.1, 0.15) is 5.69 Å². The Morgan fingerprint density at radius 3 is 2.59 bits per heavy atom. The maximum absolute atomic E-state index is 12.2. The van der Waals surface area contributed by atoms with Gasteiger partial charge in [0, 0.05) is 5.39 Å². The van der Waals surface area contributed by atoms with Crippen LogP contribution in [0.3, 0.4) is 0 Å². The second kappa shape index (κ2) is 4.56. The molecule has 0 aliphatic heterocycles. The van der Waals surface area contributed by atoms with Crippen LogP contribution in [-0.2, 0) is 7.05 Å². The molecule has 0 saturated carbocycles. The molecule has 4 aromatic rings. The number of hydrogen-bond acceptors (Lipinski definition) is 2. The fourth-order valence-electron chi connectivity index (χ4n) is 2.90. The smallest absolute Gasteiger partial charge is 0.347 e. The average Bonchev–Trinajstić information content (AvgIpc) is 2.85. The Morgan fingerprint density at radius 1 is 1.05 bits per heavy atom. The second-order valence-electron chi connectivity index (χ2n) is 5.52. The molecular weight excluding hydrogens is 276 g/mol. The van der Waals surface area contributed by atoms with E-state index in [0.717, 1.165) is 16.6 Å². The summed E-state index contributed by atoms with van der Waals surface area (Å²) in [6.45, 7) is 2.06. The van der Waals surface area contributed by atoms with Crippen LogP contribution < -0.4 is 10.2 Å². The van der Waals surface area contributed by atoms with Crippen molar-refractivity contribution < 1.29 is 8.98 Å². The molecule has 0 bridgehead atoms. The highest BCUT2D eigenvalue weighted by molar-refractivity contribution is 6.00. The van der Waals surface area contributed by atoms with Crippen molar-refractivity contribution in [2.75, 3.05) is 0 Å². The Balaban J connectivity index is 2.21. The van der Waals surface area contributed by atoms with Crippen LogP contribution in [0.1, 0.15) is 5.56 Å². The molecule has 0 unspecified atom stereocenters. The lowest BCUT2D eigenvalue weighted by Crippen LogP contribution is -2.26. The summed E-state index contributed by atoms with van der Waals surface area (Å²) in [5, 5.41) is 1.50. The van der Waals surface area contributed by atoms with Crippen LogP contribution in [0.2, 0.25) is 0 Å². The van der Waals surface area contributed by atoms with E-state index in [1.54, 1.807) is 6.07 Å². The van der Waals surface area contributed by atoms with E-state index < -0.39 is 0 Å². The van der Waals surface area contributed by atoms with Gasteiger partial charge in [0.25, 0.3) is 6.33 Å². The summed E-state index contributed by atoms with van der Waals surface area (Å²) in [5.74, 6) is 0. The summed E-state index contributed by atoms with van der Waals surface area (Å²) in [6, 6.07) is 15.8. The first-order valence-electron chi connectivity index (χ1n) is 7.15. The molecule has 2 heterocycles. The standard InChI is InChI=1S/C18H15N2O2/c1-12-6-5-7-13(10-12)20-11-19(2)17-16(20)14-8-3-4-9-15(14)18(21)22-17/h3-11H,1-2H3/q+1. The van der Waals surface area contributed by atoms with Crippen LogP contribution in [0, 0.1) is 6.92 Å². The summed E-state index contributed by atoms with van der Waals surface area (Å²) in [6.07, 6.45) is 1.94. The predicted octanol–water partition coefficient (Wildman–Crippen LogP) is 2.87. The Bertz CT molecular complexity index is 1070. The minimum Gasteiger partial charge on any atom is -0.383 e. The van der Waals surface area contributed by atoms with Crippen LogP contribution in [0.4, 0.5) is 0 Å². The molecule has 0 amide bonds. The van der Waals surface area contributed by atoms with Gasteiger partial charge in [-0.05, 0) is 36.8 Å². The van der Waals surface area contributed by atoms with E-state index in [0.29, 0.717) is 11.1 Å². The minimum absolute atomic E-state index is 0.305. The number of hydrogen-bond donors (Lipinski definition) is 0. The largest absolute Gasteiger partial charge is 0.383 e. The van der Waals surface area contributed by atoms with E-state index in [1.807, 2.05) is 48.3 Å². The third-order valence-corrected chi connectivity index (χ3v) is 3.92. The average molecular weight is 291 g/mol. The molecule has 0 atom stereocenters. The first-order chi connectivity index (χ1) is 10.6. The number of benzene rings is 2. The Morgan fingerprint density at radius 2 is 1.82 bits per heavy atom. The maximum Gasteiger partial charge on any atom is 0.347 e. The Labute approximate surface area is 126 Å². The van der Waals surface area contributed by atoms with E-state index in [9.17, 15) is 4.79 Å². The summed E-state index contributed by atoms with van der Waals surface area (Å²) >= 11 is 0. The topological polar surface area (TPSA) is 39.0 Å². The number of imidazole rings is 1. The molecule has 0 spiro atoms. The Kier molecular flexibility index (Phi) is 2.66. The summed E-state index contributed by atoms with van der Waals surface area (Å²) in [4.78, 5) is 12.2. The molecule has 0 aliphatic rings. The van der Waals surface area contributed by atoms with Crippen molar-refractivity contribution in [2.45, 2.75) is 6.92 Å². The SMILES string of the molecule is Cc1cccc(-n2c[n+](C)c3oc(=O)c4ccccc4c32)c1. The molecule has 22 heavy (non-hydrogen) atoms. The van der Waals surface area contributed by atoms with Crippen molar-refractivity contribution >= 4 is 22.0 Å². The molecule has 2 aromatic carbocycles. The lowest BCUT2D eigenvalue weighted by molar-refractivity contribution is -0.652. The van der Waals surface area contributed by atoms with Gasteiger partial charge in [0.05, 0.1) is 12.4 Å². The second-order valence-corrected chi connectivity index (χ2v) is 5.52. The molecule has 0 radical (unpaired) electrons. The van der Waals surface area contributed by atoms with Crippen LogP contribution in [0.25, 0.3) is 27.7 Å². The minimum atomic E-state index is -0.305. The predicted molar refractivity (Wildman–Crippen MR) is 85.2 cm³/mol. The third kappa shape index (κ3) is 1.77. The van der Waals surface area contributed by atoms with Gasteiger partial charge in [0.15, 0.2) is 0 Å². The highest BCUT2D eigenvalue weighted by Crippen LogP contribution is 2.24. The van der Waals surface area contributed by atoms with Crippen LogP contribution >= 0.6 is 0 Å². The van der Waals surface area contributed by atoms with Crippen LogP contribution in [0.15, 0.2) is 64.1 Å². The van der Waals surface area contributed by atoms with Gasteiger partial charge in [0.2, 0.25) is 5.52 Å². The van der Waals surface area contributed by atoms with Crippen LogP contribution in [0.5, 0.6) is 0 Å². The quantitative estimate of drug-likeness (QED) is 0.506. The van der Waals surface area contributed by atoms with Gasteiger partial charge < -0.3 is 4.42 Å². The molecule has 4 heteroatoms. The molecule has 0 fully saturated rings. The number of nitrogens with zero attached hydrogens (tertiary/aromatic N) is 2. The normalized spacial score (nSPS) is 11.4. The molecule has 0 aliphatic carbocycles. The zero-order valence-electron chi connectivity index (χ0n) is 12.4. The number of rotatable bonds is 1. The zero-order chi connectivity index (χ0) is 15.3. The number of fused-ring (bicyclic) bond motifs is 3. The monoisotopic (exact) mass is 291 g/mol. The van der Waals surface area contributed by atoms with E-state index >= 15 is 0 Å². The number of aromatic nitrogens is 2. The highest BCUT2D eigenvalue weighted by Gasteiger charge is 2.22. The lowest BCUT2D eigenvalue weighted by Gasteiger charge is -2.00. The molecular formula is C18H15N2O2+. The van der Waals surface area contributed by atoms with Crippen molar-refractivity contribution in [3.05, 3.63) is 70.8 Å². The first kappa shape index (κ1) is 12.8. The van der Waals surface area contributed by atoms with Gasteiger partial charge in [-0.25, -0.2) is 9.36 Å². The van der Waals surface area contributed by atoms with Gasteiger partial charge in [-0.2, -0.15) is 4.57 Å². The van der Waals surface area contributed by atoms with Crippen molar-refractivity contribution in [1.82, 2.24) is 4.57 Å². The number of aryl methyl sites for hydroxylation is 2. The molecule has 4 rings (SSSR count). The van der Waals surface area contributed by atoms with Crippen molar-refractivity contribution in [2.24, 2.45) is 7.05 Å². The fraction of sp³-hybridized carbons (Fsp3) is 0.111. The van der Waals surface area contributed by atoms with E-state index in [2.05, 4.69) is 23.6 Å². The summed E-state index contributed by atoms with van der Waals surface area (Å²) in [7, 11) is 1.88. The van der Waals surface area contributed by atoms with Crippen molar-refractivity contribution in [3.63, 3.8) is 0 Å². The summed E-state index contributed by atoms with van der Waals surface area (Å²) < 4.78 is 9.43.